The van der Waals surface area contributed by atoms with E-state index in [1.54, 1.807) is 13.8 Å². The quantitative estimate of drug-likeness (QED) is 0.0859. The molecule has 0 saturated carbocycles. The van der Waals surface area contributed by atoms with Crippen molar-refractivity contribution < 1.29 is 24.3 Å². The van der Waals surface area contributed by atoms with Crippen LogP contribution in [0.4, 0.5) is 0 Å². The Hall–Kier alpha value is -3.67. The zero-order valence-corrected chi connectivity index (χ0v) is 22.6. The van der Waals surface area contributed by atoms with Crippen LogP contribution in [0.5, 0.6) is 0 Å². The first kappa shape index (κ1) is 32.4. The Morgan fingerprint density at radius 3 is 2.03 bits per heavy atom. The van der Waals surface area contributed by atoms with Crippen molar-refractivity contribution in [3.8, 4) is 0 Å². The van der Waals surface area contributed by atoms with Gasteiger partial charge in [0.05, 0.1) is 6.04 Å². The smallest absolute Gasteiger partial charge is 0.326 e. The minimum Gasteiger partial charge on any atom is -0.480 e. The Bertz CT molecular complexity index is 949. The van der Waals surface area contributed by atoms with Gasteiger partial charge < -0.3 is 38.3 Å². The number of aliphatic imine (C=N–C) groups is 1. The summed E-state index contributed by atoms with van der Waals surface area (Å²) >= 11 is 0. The Labute approximate surface area is 224 Å². The van der Waals surface area contributed by atoms with Crippen LogP contribution in [0.25, 0.3) is 0 Å². The minimum atomic E-state index is -1.21. The van der Waals surface area contributed by atoms with Crippen molar-refractivity contribution in [2.45, 2.75) is 77.5 Å². The van der Waals surface area contributed by atoms with Crippen LogP contribution >= 0.6 is 0 Å². The number of nitrogens with one attached hydrogen (secondary N) is 3. The first-order valence-corrected chi connectivity index (χ1v) is 12.8. The lowest BCUT2D eigenvalue weighted by molar-refractivity contribution is -0.142. The molecule has 0 spiro atoms. The molecule has 0 heterocycles. The van der Waals surface area contributed by atoms with Crippen molar-refractivity contribution in [1.29, 1.82) is 0 Å². The van der Waals surface area contributed by atoms with Crippen molar-refractivity contribution >= 4 is 29.7 Å². The highest BCUT2D eigenvalue weighted by Crippen LogP contribution is 2.10. The third-order valence-electron chi connectivity index (χ3n) is 5.78. The zero-order valence-electron chi connectivity index (χ0n) is 22.6. The number of carboxylic acid groups (broad SMARTS) is 1. The molecular formula is C26H43N7O5. The van der Waals surface area contributed by atoms with E-state index in [2.05, 4.69) is 20.9 Å². The van der Waals surface area contributed by atoms with Crippen LogP contribution in [0.1, 0.15) is 52.5 Å². The average molecular weight is 534 g/mol. The summed E-state index contributed by atoms with van der Waals surface area (Å²) in [5.74, 6) is -3.27. The van der Waals surface area contributed by atoms with Gasteiger partial charge in [-0.05, 0) is 43.1 Å². The number of nitrogens with two attached hydrogens (primary N) is 3. The van der Waals surface area contributed by atoms with Crippen LogP contribution in [0, 0.1) is 11.8 Å². The van der Waals surface area contributed by atoms with Crippen molar-refractivity contribution in [3.05, 3.63) is 35.9 Å². The molecule has 0 aliphatic carbocycles. The van der Waals surface area contributed by atoms with E-state index >= 15 is 0 Å². The number of nitrogens with zero attached hydrogens (tertiary/aromatic N) is 1. The van der Waals surface area contributed by atoms with Gasteiger partial charge >= 0.3 is 5.97 Å². The highest BCUT2D eigenvalue weighted by Gasteiger charge is 2.32. The molecule has 12 nitrogen and oxygen atoms in total. The molecule has 1 aromatic rings. The lowest BCUT2D eigenvalue weighted by Crippen LogP contribution is -2.58. The number of amides is 3. The van der Waals surface area contributed by atoms with E-state index in [9.17, 15) is 24.3 Å². The van der Waals surface area contributed by atoms with Crippen LogP contribution in [-0.4, -0.2) is 65.5 Å². The molecular weight excluding hydrogens is 490 g/mol. The Morgan fingerprint density at radius 2 is 1.50 bits per heavy atom. The Morgan fingerprint density at radius 1 is 0.895 bits per heavy atom. The number of hydrogen-bond donors (Lipinski definition) is 7. The fourth-order valence-corrected chi connectivity index (χ4v) is 3.75. The standard InChI is InChI=1S/C26H43N7O5/c1-15(2)13-20(23(35)31-19(25(37)38)11-8-12-30-26(28)29)32-24(36)21(16(3)4)33-22(34)18(27)14-17-9-6-5-7-10-17/h5-7,9-10,15-16,18-21H,8,11-14,27H2,1-4H3,(H,31,35)(H,32,36)(H,33,34)(H,37,38)(H4,28,29,30). The van der Waals surface area contributed by atoms with Crippen LogP contribution < -0.4 is 33.2 Å². The number of aliphatic carboxylic acids is 1. The molecule has 0 aliphatic heterocycles. The van der Waals surface area contributed by atoms with E-state index in [-0.39, 0.29) is 37.2 Å². The topological polar surface area (TPSA) is 215 Å². The fraction of sp³-hybridized carbons (Fsp3) is 0.577. The van der Waals surface area contributed by atoms with Gasteiger partial charge in [-0.25, -0.2) is 4.79 Å². The Balaban J connectivity index is 2.89. The van der Waals surface area contributed by atoms with E-state index in [1.807, 2.05) is 44.2 Å². The van der Waals surface area contributed by atoms with E-state index < -0.39 is 47.9 Å². The molecule has 212 valence electrons. The number of guanidine groups is 1. The molecule has 0 saturated heterocycles. The second-order valence-electron chi connectivity index (χ2n) is 10.1. The molecule has 4 unspecified atom stereocenters. The molecule has 12 heteroatoms. The third-order valence-corrected chi connectivity index (χ3v) is 5.78. The monoisotopic (exact) mass is 533 g/mol. The highest BCUT2D eigenvalue weighted by molar-refractivity contribution is 5.94. The summed E-state index contributed by atoms with van der Waals surface area (Å²) in [6.07, 6.45) is 1.01. The van der Waals surface area contributed by atoms with Crippen LogP contribution in [-0.2, 0) is 25.6 Å². The number of carbonyl (C=O) groups excluding carboxylic acids is 3. The number of hydrogen-bond acceptors (Lipinski definition) is 6. The lowest BCUT2D eigenvalue weighted by Gasteiger charge is -2.27. The SMILES string of the molecule is CC(C)CC(NC(=O)C(NC(=O)C(N)Cc1ccccc1)C(C)C)C(=O)NC(CCCN=C(N)N)C(=O)O. The second kappa shape index (κ2) is 16.2. The summed E-state index contributed by atoms with van der Waals surface area (Å²) in [5, 5.41) is 17.4. The maximum Gasteiger partial charge on any atom is 0.326 e. The van der Waals surface area contributed by atoms with Gasteiger partial charge in [-0.2, -0.15) is 0 Å². The first-order chi connectivity index (χ1) is 17.8. The van der Waals surface area contributed by atoms with E-state index in [1.165, 1.54) is 0 Å². The number of carbonyl (C=O) groups is 4. The maximum atomic E-state index is 13.2. The molecule has 3 amide bonds. The fourth-order valence-electron chi connectivity index (χ4n) is 3.75. The van der Waals surface area contributed by atoms with Gasteiger partial charge in [0, 0.05) is 6.54 Å². The van der Waals surface area contributed by atoms with Gasteiger partial charge in [-0.15, -0.1) is 0 Å². The second-order valence-corrected chi connectivity index (χ2v) is 10.1. The van der Waals surface area contributed by atoms with Crippen molar-refractivity contribution in [1.82, 2.24) is 16.0 Å². The predicted octanol–water partition coefficient (Wildman–Crippen LogP) is -0.149. The van der Waals surface area contributed by atoms with Crippen molar-refractivity contribution in [2.24, 2.45) is 34.0 Å². The molecule has 0 radical (unpaired) electrons. The highest BCUT2D eigenvalue weighted by atomic mass is 16.4. The normalized spacial score (nSPS) is 14.2. The summed E-state index contributed by atoms with van der Waals surface area (Å²) < 4.78 is 0. The molecule has 1 aromatic carbocycles. The van der Waals surface area contributed by atoms with Crippen molar-refractivity contribution in [3.63, 3.8) is 0 Å². The minimum absolute atomic E-state index is 0.0163. The van der Waals surface area contributed by atoms with Crippen LogP contribution in [0.2, 0.25) is 0 Å². The van der Waals surface area contributed by atoms with E-state index in [4.69, 9.17) is 17.2 Å². The molecule has 4 atom stereocenters. The first-order valence-electron chi connectivity index (χ1n) is 12.8. The van der Waals surface area contributed by atoms with Gasteiger partial charge in [0.25, 0.3) is 0 Å². The van der Waals surface area contributed by atoms with Crippen LogP contribution in [0.3, 0.4) is 0 Å². The summed E-state index contributed by atoms with van der Waals surface area (Å²) in [5.41, 5.74) is 17.5. The zero-order chi connectivity index (χ0) is 28.8. The summed E-state index contributed by atoms with van der Waals surface area (Å²) in [6, 6.07) is 5.30. The third kappa shape index (κ3) is 12.0. The number of carboxylic acids is 1. The van der Waals surface area contributed by atoms with Crippen LogP contribution in [0.15, 0.2) is 35.3 Å². The molecule has 10 N–H and O–H groups in total. The van der Waals surface area contributed by atoms with Gasteiger partial charge in [-0.3, -0.25) is 19.4 Å². The number of benzene rings is 1. The van der Waals surface area contributed by atoms with Gasteiger partial charge in [0.1, 0.15) is 18.1 Å². The van der Waals surface area contributed by atoms with Gasteiger partial charge in [0.2, 0.25) is 17.7 Å². The summed E-state index contributed by atoms with van der Waals surface area (Å²) in [6.45, 7) is 7.50. The summed E-state index contributed by atoms with van der Waals surface area (Å²) in [7, 11) is 0. The summed E-state index contributed by atoms with van der Waals surface area (Å²) in [4.78, 5) is 54.5. The Kier molecular flexibility index (Phi) is 13.8. The van der Waals surface area contributed by atoms with E-state index in [0.29, 0.717) is 12.8 Å². The average Bonchev–Trinajstić information content (AvgIpc) is 2.83. The number of rotatable bonds is 16. The molecule has 0 bridgehead atoms. The molecule has 0 aromatic heterocycles. The predicted molar refractivity (Wildman–Crippen MR) is 146 cm³/mol. The molecule has 0 fully saturated rings. The maximum absolute atomic E-state index is 13.2. The lowest BCUT2D eigenvalue weighted by atomic mass is 9.98. The van der Waals surface area contributed by atoms with Crippen molar-refractivity contribution in [2.75, 3.05) is 6.54 Å². The largest absolute Gasteiger partial charge is 0.480 e. The van der Waals surface area contributed by atoms with Gasteiger partial charge in [0.15, 0.2) is 5.96 Å². The van der Waals surface area contributed by atoms with E-state index in [0.717, 1.165) is 5.56 Å². The molecule has 0 aliphatic rings. The molecule has 38 heavy (non-hydrogen) atoms. The molecule has 1 rings (SSSR count). The van der Waals surface area contributed by atoms with Gasteiger partial charge in [-0.1, -0.05) is 58.0 Å².